The van der Waals surface area contributed by atoms with Crippen LogP contribution in [0.2, 0.25) is 0 Å². The molecule has 2 aromatic rings. The molecule has 0 radical (unpaired) electrons. The van der Waals surface area contributed by atoms with E-state index in [-0.39, 0.29) is 5.97 Å². The van der Waals surface area contributed by atoms with Crippen LogP contribution in [0.3, 0.4) is 0 Å². The third-order valence-electron chi connectivity index (χ3n) is 5.25. The Morgan fingerprint density at radius 3 is 2.06 bits per heavy atom. The topological polar surface area (TPSA) is 44.8 Å². The fourth-order valence-electron chi connectivity index (χ4n) is 3.04. The molecule has 0 aromatic heterocycles. The number of carbonyl (C=O) groups excluding carboxylic acids is 1. The normalized spacial score (nSPS) is 11.5. The first-order valence-electron chi connectivity index (χ1n) is 11.4. The maximum atomic E-state index is 12.4. The van der Waals surface area contributed by atoms with Gasteiger partial charge in [0.1, 0.15) is 17.2 Å². The van der Waals surface area contributed by atoms with E-state index in [1.54, 1.807) is 24.3 Å². The van der Waals surface area contributed by atoms with Gasteiger partial charge in [-0.15, -0.1) is 6.58 Å². The van der Waals surface area contributed by atoms with Crippen molar-refractivity contribution < 1.29 is 19.0 Å². The minimum Gasteiger partial charge on any atom is -0.494 e. The van der Waals surface area contributed by atoms with Crippen molar-refractivity contribution in [2.45, 2.75) is 58.8 Å². The molecule has 0 aliphatic rings. The molecule has 0 amide bonds. The molecule has 0 spiro atoms. The van der Waals surface area contributed by atoms with E-state index in [1.807, 2.05) is 30.3 Å². The molecule has 0 saturated carbocycles. The summed E-state index contributed by atoms with van der Waals surface area (Å²) in [5.41, 5.74) is 0.492. The quantitative estimate of drug-likeness (QED) is 0.131. The number of allylic oxidation sites excluding steroid dienone is 1. The summed E-state index contributed by atoms with van der Waals surface area (Å²) in [6.45, 7) is 9.57. The number of unbranched alkanes of at least 4 members (excludes halogenated alkanes) is 3. The van der Waals surface area contributed by atoms with Gasteiger partial charge in [-0.1, -0.05) is 26.3 Å². The average molecular weight is 425 g/mol. The second-order valence-electron chi connectivity index (χ2n) is 7.88. The molecular formula is C27H36O4. The van der Waals surface area contributed by atoms with E-state index in [9.17, 15) is 4.79 Å². The smallest absolute Gasteiger partial charge is 0.343 e. The molecule has 0 unspecified atom stereocenters. The number of rotatable bonds is 15. The lowest BCUT2D eigenvalue weighted by Crippen LogP contribution is -2.08. The van der Waals surface area contributed by atoms with Crippen LogP contribution in [0.4, 0.5) is 0 Å². The van der Waals surface area contributed by atoms with Gasteiger partial charge in [0.05, 0.1) is 18.8 Å². The molecule has 168 valence electrons. The molecule has 4 heteroatoms. The van der Waals surface area contributed by atoms with Gasteiger partial charge in [0.2, 0.25) is 0 Å². The van der Waals surface area contributed by atoms with Crippen molar-refractivity contribution in [2.24, 2.45) is 5.92 Å². The number of carbonyl (C=O) groups is 1. The van der Waals surface area contributed by atoms with E-state index in [0.29, 0.717) is 24.5 Å². The molecular weight excluding hydrogens is 388 g/mol. The van der Waals surface area contributed by atoms with Gasteiger partial charge in [-0.05, 0) is 93.0 Å². The maximum Gasteiger partial charge on any atom is 0.343 e. The Kier molecular flexibility index (Phi) is 11.3. The highest BCUT2D eigenvalue weighted by Crippen LogP contribution is 2.20. The van der Waals surface area contributed by atoms with Gasteiger partial charge in [0.15, 0.2) is 0 Å². The summed E-state index contributed by atoms with van der Waals surface area (Å²) in [6, 6.07) is 14.2. The van der Waals surface area contributed by atoms with Crippen LogP contribution < -0.4 is 14.2 Å². The monoisotopic (exact) mass is 424 g/mol. The fourth-order valence-corrected chi connectivity index (χ4v) is 3.04. The largest absolute Gasteiger partial charge is 0.494 e. The summed E-state index contributed by atoms with van der Waals surface area (Å²) in [5, 5.41) is 0. The van der Waals surface area contributed by atoms with Gasteiger partial charge in [-0.25, -0.2) is 4.79 Å². The van der Waals surface area contributed by atoms with Crippen LogP contribution in [0.5, 0.6) is 17.2 Å². The first kappa shape index (κ1) is 24.5. The van der Waals surface area contributed by atoms with E-state index in [1.165, 1.54) is 12.8 Å². The number of hydrogen-bond acceptors (Lipinski definition) is 4. The van der Waals surface area contributed by atoms with Crippen LogP contribution in [0.1, 0.15) is 69.2 Å². The standard InChI is InChI=1S/C27H36O4/c1-4-6-7-8-9-20-29-25-16-18-26(19-17-25)31-27(28)23-12-14-24(15-13-23)30-21-10-11-22(3)5-2/h4,12-19,22H,1,5-11,20-21H2,2-3H3/t22-/m0/s1. The van der Waals surface area contributed by atoms with E-state index < -0.39 is 0 Å². The molecule has 0 saturated heterocycles. The summed E-state index contributed by atoms with van der Waals surface area (Å²) in [5.74, 6) is 2.38. The fraction of sp³-hybridized carbons (Fsp3) is 0.444. The molecule has 0 aliphatic heterocycles. The minimum absolute atomic E-state index is 0.390. The molecule has 4 nitrogen and oxygen atoms in total. The molecule has 31 heavy (non-hydrogen) atoms. The SMILES string of the molecule is C=CCCCCCOc1ccc(OC(=O)c2ccc(OCCC[C@@H](C)CC)cc2)cc1. The summed E-state index contributed by atoms with van der Waals surface area (Å²) in [7, 11) is 0. The average Bonchev–Trinajstić information content (AvgIpc) is 2.80. The van der Waals surface area contributed by atoms with Gasteiger partial charge >= 0.3 is 5.97 Å². The molecule has 1 atom stereocenters. The van der Waals surface area contributed by atoms with Crippen molar-refractivity contribution in [2.75, 3.05) is 13.2 Å². The molecule has 2 aromatic carbocycles. The first-order chi connectivity index (χ1) is 15.1. The van der Waals surface area contributed by atoms with E-state index in [2.05, 4.69) is 20.4 Å². The van der Waals surface area contributed by atoms with Crippen molar-refractivity contribution >= 4 is 5.97 Å². The Morgan fingerprint density at radius 2 is 1.45 bits per heavy atom. The lowest BCUT2D eigenvalue weighted by atomic mass is 10.0. The molecule has 2 rings (SSSR count). The highest BCUT2D eigenvalue weighted by Gasteiger charge is 2.09. The van der Waals surface area contributed by atoms with Crippen molar-refractivity contribution in [3.8, 4) is 17.2 Å². The van der Waals surface area contributed by atoms with E-state index >= 15 is 0 Å². The lowest BCUT2D eigenvalue weighted by Gasteiger charge is -2.10. The van der Waals surface area contributed by atoms with E-state index in [0.717, 1.165) is 49.5 Å². The third kappa shape index (κ3) is 9.73. The summed E-state index contributed by atoms with van der Waals surface area (Å²) >= 11 is 0. The molecule has 0 aliphatic carbocycles. The first-order valence-corrected chi connectivity index (χ1v) is 11.4. The number of hydrogen-bond donors (Lipinski definition) is 0. The zero-order chi connectivity index (χ0) is 22.3. The zero-order valence-electron chi connectivity index (χ0n) is 19.0. The zero-order valence-corrected chi connectivity index (χ0v) is 19.0. The Balaban J connectivity index is 1.72. The molecule has 0 heterocycles. The summed E-state index contributed by atoms with van der Waals surface area (Å²) in [4.78, 5) is 12.4. The van der Waals surface area contributed by atoms with E-state index in [4.69, 9.17) is 14.2 Å². The second-order valence-corrected chi connectivity index (χ2v) is 7.88. The van der Waals surface area contributed by atoms with Crippen molar-refractivity contribution in [1.29, 1.82) is 0 Å². The molecule has 0 bridgehead atoms. The van der Waals surface area contributed by atoms with Gasteiger partial charge in [0, 0.05) is 0 Å². The van der Waals surface area contributed by atoms with Crippen LogP contribution in [-0.4, -0.2) is 19.2 Å². The van der Waals surface area contributed by atoms with Gasteiger partial charge in [0.25, 0.3) is 0 Å². The Morgan fingerprint density at radius 1 is 0.871 bits per heavy atom. The van der Waals surface area contributed by atoms with Crippen LogP contribution in [0.15, 0.2) is 61.2 Å². The summed E-state index contributed by atoms with van der Waals surface area (Å²) < 4.78 is 16.9. The number of ether oxygens (including phenoxy) is 3. The maximum absolute atomic E-state index is 12.4. The third-order valence-corrected chi connectivity index (χ3v) is 5.25. The predicted octanol–water partition coefficient (Wildman–Crippen LogP) is 7.24. The van der Waals surface area contributed by atoms with Crippen molar-refractivity contribution in [3.63, 3.8) is 0 Å². The number of esters is 1. The van der Waals surface area contributed by atoms with Crippen LogP contribution >= 0.6 is 0 Å². The number of benzene rings is 2. The van der Waals surface area contributed by atoms with Gasteiger partial charge in [-0.3, -0.25) is 0 Å². The van der Waals surface area contributed by atoms with Crippen LogP contribution in [0.25, 0.3) is 0 Å². The van der Waals surface area contributed by atoms with Crippen molar-refractivity contribution in [3.05, 3.63) is 66.7 Å². The second kappa shape index (κ2) is 14.3. The van der Waals surface area contributed by atoms with Crippen molar-refractivity contribution in [1.82, 2.24) is 0 Å². The summed E-state index contributed by atoms with van der Waals surface area (Å²) in [6.07, 6.45) is 9.68. The minimum atomic E-state index is -0.390. The Hall–Kier alpha value is -2.75. The van der Waals surface area contributed by atoms with Gasteiger partial charge in [-0.2, -0.15) is 0 Å². The van der Waals surface area contributed by atoms with Crippen LogP contribution in [0, 0.1) is 5.92 Å². The molecule has 0 N–H and O–H groups in total. The predicted molar refractivity (Wildman–Crippen MR) is 126 cm³/mol. The molecule has 0 fully saturated rings. The Bertz CT molecular complexity index is 765. The Labute approximate surface area is 187 Å². The highest BCUT2D eigenvalue weighted by atomic mass is 16.5. The van der Waals surface area contributed by atoms with Gasteiger partial charge < -0.3 is 14.2 Å². The lowest BCUT2D eigenvalue weighted by molar-refractivity contribution is 0.0734. The van der Waals surface area contributed by atoms with Crippen LogP contribution in [-0.2, 0) is 0 Å². The highest BCUT2D eigenvalue weighted by molar-refractivity contribution is 5.91.